The first-order valence-corrected chi connectivity index (χ1v) is 5.98. The maximum Gasteiger partial charge on any atom is 0.268 e. The predicted molar refractivity (Wildman–Crippen MR) is 79.1 cm³/mol. The molecule has 0 atom stereocenters. The van der Waals surface area contributed by atoms with Crippen molar-refractivity contribution in [1.29, 1.82) is 0 Å². The number of terminal acetylenes is 1. The van der Waals surface area contributed by atoms with Gasteiger partial charge in [-0.1, -0.05) is 5.92 Å². The second-order valence-electron chi connectivity index (χ2n) is 4.15. The van der Waals surface area contributed by atoms with Crippen LogP contribution in [0.25, 0.3) is 22.3 Å². The van der Waals surface area contributed by atoms with Crippen LogP contribution in [0.3, 0.4) is 0 Å². The lowest BCUT2D eigenvalue weighted by Crippen LogP contribution is -2.23. The van der Waals surface area contributed by atoms with E-state index >= 15 is 0 Å². The van der Waals surface area contributed by atoms with Crippen LogP contribution >= 0.6 is 0 Å². The number of rotatable bonds is 3. The molecule has 3 rings (SSSR count). The smallest absolute Gasteiger partial charge is 0.268 e. The number of nitrogens with zero attached hydrogens (tertiary/aromatic N) is 2. The molecular formula is C14H15N5O. The number of carbonyl (C=O) groups is 1. The molecule has 0 spiro atoms. The third-order valence-corrected chi connectivity index (χ3v) is 2.91. The third-order valence-electron chi connectivity index (χ3n) is 2.91. The summed E-state index contributed by atoms with van der Waals surface area (Å²) in [6.45, 7) is 0.197. The monoisotopic (exact) mass is 269 g/mol. The molecule has 1 amide bonds. The van der Waals surface area contributed by atoms with Gasteiger partial charge in [-0.2, -0.15) is 0 Å². The summed E-state index contributed by atoms with van der Waals surface area (Å²) in [5.74, 6) is 2.11. The van der Waals surface area contributed by atoms with Crippen LogP contribution in [0.5, 0.6) is 0 Å². The molecule has 3 aromatic heterocycles. The lowest BCUT2D eigenvalue weighted by molar-refractivity contribution is 0.0954. The number of hydrogen-bond donors (Lipinski definition) is 3. The van der Waals surface area contributed by atoms with Crippen molar-refractivity contribution in [3.05, 3.63) is 36.5 Å². The Kier molecular flexibility index (Phi) is 2.94. The molecule has 0 aliphatic heterocycles. The van der Waals surface area contributed by atoms with Crippen LogP contribution in [0.2, 0.25) is 0 Å². The van der Waals surface area contributed by atoms with Crippen LogP contribution < -0.4 is 5.32 Å². The number of hydrogen-bond acceptors (Lipinski definition) is 3. The summed E-state index contributed by atoms with van der Waals surface area (Å²) in [5.41, 5.74) is 2.79. The number of nitrogens with one attached hydrogen (secondary N) is 3. The molecule has 3 heterocycles. The molecule has 0 bridgehead atoms. The quantitative estimate of drug-likeness (QED) is 0.634. The number of H-pyrrole nitrogens is 2. The summed E-state index contributed by atoms with van der Waals surface area (Å²) >= 11 is 0. The average Bonchev–Trinajstić information content (AvgIpc) is 3.12. The SMILES string of the molecule is C#CCNC(=O)c1cc(-c2ncnc3[nH]ccc23)c[nH]1.[HH].[HH]. The van der Waals surface area contributed by atoms with E-state index in [-0.39, 0.29) is 15.3 Å². The standard InChI is InChI=1S/C14H11N5O.2H2/c1-2-4-16-14(20)11-6-9(7-17-11)12-10-3-5-15-13(10)19-8-18-12;;/h1,3,5-8,17H,4H2,(H,16,20)(H,15,18,19);2*1H. The first kappa shape index (κ1) is 12.0. The van der Waals surface area contributed by atoms with Gasteiger partial charge in [-0.15, -0.1) is 6.42 Å². The molecule has 0 saturated carbocycles. The van der Waals surface area contributed by atoms with Gasteiger partial charge in [0.05, 0.1) is 12.2 Å². The normalized spacial score (nSPS) is 10.3. The highest BCUT2D eigenvalue weighted by Gasteiger charge is 2.12. The molecule has 6 nitrogen and oxygen atoms in total. The molecule has 0 aliphatic rings. The zero-order valence-corrected chi connectivity index (χ0v) is 10.5. The van der Waals surface area contributed by atoms with Crippen LogP contribution in [-0.2, 0) is 0 Å². The number of aromatic amines is 2. The molecule has 6 heteroatoms. The van der Waals surface area contributed by atoms with Crippen molar-refractivity contribution in [3.8, 4) is 23.6 Å². The number of aromatic nitrogens is 4. The van der Waals surface area contributed by atoms with E-state index < -0.39 is 0 Å². The minimum atomic E-state index is -0.242. The molecule has 3 aromatic rings. The van der Waals surface area contributed by atoms with E-state index in [1.807, 2.05) is 6.07 Å². The first-order chi connectivity index (χ1) is 9.79. The molecule has 0 saturated heterocycles. The van der Waals surface area contributed by atoms with Gasteiger partial charge in [-0.05, 0) is 12.1 Å². The third kappa shape index (κ3) is 2.01. The van der Waals surface area contributed by atoms with Gasteiger partial charge in [0.1, 0.15) is 17.7 Å². The zero-order valence-electron chi connectivity index (χ0n) is 10.5. The molecule has 0 unspecified atom stereocenters. The molecule has 0 aromatic carbocycles. The van der Waals surface area contributed by atoms with Gasteiger partial charge in [0, 0.05) is 26.2 Å². The van der Waals surface area contributed by atoms with E-state index in [4.69, 9.17) is 6.42 Å². The van der Waals surface area contributed by atoms with Gasteiger partial charge >= 0.3 is 0 Å². The minimum Gasteiger partial charge on any atom is -0.357 e. The Bertz CT molecular complexity index is 818. The summed E-state index contributed by atoms with van der Waals surface area (Å²) in [6.07, 6.45) is 10.1. The van der Waals surface area contributed by atoms with Crippen LogP contribution in [0, 0.1) is 12.3 Å². The van der Waals surface area contributed by atoms with Crippen LogP contribution in [0.1, 0.15) is 13.3 Å². The van der Waals surface area contributed by atoms with Crippen molar-refractivity contribution < 1.29 is 7.65 Å². The second kappa shape index (κ2) is 4.90. The topological polar surface area (TPSA) is 86.5 Å². The number of carbonyl (C=O) groups excluding carboxylic acids is 1. The Hall–Kier alpha value is -3.07. The van der Waals surface area contributed by atoms with Gasteiger partial charge in [-0.3, -0.25) is 4.79 Å². The Balaban J connectivity index is 0.00000121. The highest BCUT2D eigenvalue weighted by molar-refractivity contribution is 5.96. The van der Waals surface area contributed by atoms with E-state index in [1.54, 1.807) is 18.5 Å². The van der Waals surface area contributed by atoms with Crippen molar-refractivity contribution >= 4 is 16.9 Å². The van der Waals surface area contributed by atoms with Crippen LogP contribution in [0.15, 0.2) is 30.9 Å². The Morgan fingerprint density at radius 2 is 2.35 bits per heavy atom. The summed E-state index contributed by atoms with van der Waals surface area (Å²) < 4.78 is 0. The van der Waals surface area contributed by atoms with Crippen molar-refractivity contribution in [3.63, 3.8) is 0 Å². The Morgan fingerprint density at radius 1 is 1.45 bits per heavy atom. The van der Waals surface area contributed by atoms with E-state index in [1.165, 1.54) is 6.33 Å². The largest absolute Gasteiger partial charge is 0.357 e. The summed E-state index contributed by atoms with van der Waals surface area (Å²) in [7, 11) is 0. The average molecular weight is 269 g/mol. The second-order valence-corrected chi connectivity index (χ2v) is 4.15. The molecule has 20 heavy (non-hydrogen) atoms. The maximum atomic E-state index is 11.8. The molecule has 0 fully saturated rings. The minimum absolute atomic E-state index is 0. The Morgan fingerprint density at radius 3 is 3.20 bits per heavy atom. The molecule has 102 valence electrons. The van der Waals surface area contributed by atoms with Crippen molar-refractivity contribution in [2.75, 3.05) is 6.54 Å². The van der Waals surface area contributed by atoms with E-state index in [2.05, 4.69) is 31.2 Å². The van der Waals surface area contributed by atoms with E-state index in [0.717, 1.165) is 22.3 Å². The Labute approximate surface area is 117 Å². The van der Waals surface area contributed by atoms with Crippen molar-refractivity contribution in [2.24, 2.45) is 0 Å². The van der Waals surface area contributed by atoms with Gasteiger partial charge in [0.15, 0.2) is 0 Å². The molecule has 3 N–H and O–H groups in total. The molecular weight excluding hydrogens is 254 g/mol. The fraction of sp³-hybridized carbons (Fsp3) is 0.0714. The highest BCUT2D eigenvalue weighted by atomic mass is 16.1. The molecule has 0 radical (unpaired) electrons. The zero-order chi connectivity index (χ0) is 13.9. The molecule has 0 aliphatic carbocycles. The van der Waals surface area contributed by atoms with E-state index in [9.17, 15) is 4.79 Å². The van der Waals surface area contributed by atoms with Gasteiger partial charge in [0.2, 0.25) is 0 Å². The fourth-order valence-electron chi connectivity index (χ4n) is 1.99. The fourth-order valence-corrected chi connectivity index (χ4v) is 1.99. The van der Waals surface area contributed by atoms with Gasteiger partial charge in [0.25, 0.3) is 5.91 Å². The first-order valence-electron chi connectivity index (χ1n) is 5.98. The van der Waals surface area contributed by atoms with Crippen LogP contribution in [0.4, 0.5) is 0 Å². The predicted octanol–water partition coefficient (Wildman–Crippen LogP) is 1.81. The van der Waals surface area contributed by atoms with E-state index in [0.29, 0.717) is 5.69 Å². The maximum absolute atomic E-state index is 11.8. The summed E-state index contributed by atoms with van der Waals surface area (Å²) in [4.78, 5) is 26.1. The number of fused-ring (bicyclic) bond motifs is 1. The lowest BCUT2D eigenvalue weighted by Gasteiger charge is -1.98. The van der Waals surface area contributed by atoms with Gasteiger partial charge < -0.3 is 15.3 Å². The summed E-state index contributed by atoms with van der Waals surface area (Å²) in [5, 5.41) is 3.51. The highest BCUT2D eigenvalue weighted by Crippen LogP contribution is 2.25. The van der Waals surface area contributed by atoms with Crippen LogP contribution in [-0.4, -0.2) is 32.4 Å². The lowest BCUT2D eigenvalue weighted by atomic mass is 10.1. The van der Waals surface area contributed by atoms with Gasteiger partial charge in [-0.25, -0.2) is 9.97 Å². The number of amides is 1. The summed E-state index contributed by atoms with van der Waals surface area (Å²) in [6, 6.07) is 3.64. The van der Waals surface area contributed by atoms with Crippen molar-refractivity contribution in [2.45, 2.75) is 0 Å². The van der Waals surface area contributed by atoms with Crippen molar-refractivity contribution in [1.82, 2.24) is 25.3 Å².